The predicted molar refractivity (Wildman–Crippen MR) is 274 cm³/mol. The molecule has 21 aliphatic rings. The highest BCUT2D eigenvalue weighted by atomic mass is 16.8. The van der Waals surface area contributed by atoms with E-state index in [2.05, 4.69) is 15.0 Å². The minimum atomic E-state index is -2.17. The summed E-state index contributed by atoms with van der Waals surface area (Å²) in [6, 6.07) is -4.34. The van der Waals surface area contributed by atoms with Crippen LogP contribution in [0.2, 0.25) is 0 Å². The van der Waals surface area contributed by atoms with Gasteiger partial charge in [-0.15, -0.1) is 0 Å². The summed E-state index contributed by atoms with van der Waals surface area (Å²) in [6.45, 7) is -6.79. The Hall–Kier alpha value is -3.65. The van der Waals surface area contributed by atoms with Gasteiger partial charge in [-0.3, -0.25) is 0 Å². The monoisotopic (exact) mass is 1280 g/mol. The molecule has 0 aliphatic carbocycles. The summed E-state index contributed by atoms with van der Waals surface area (Å²) in [5, 5.41) is 206. The normalized spacial score (nSPS) is 49.5. The first-order valence-electron chi connectivity index (χ1n) is 28.7. The Kier molecular flexibility index (Phi) is 21.4. The molecule has 18 N–H and O–H groups in total. The molecular weight excluding hydrogens is 1210 g/mol. The van der Waals surface area contributed by atoms with E-state index in [-0.39, 0.29) is 0 Å². The Bertz CT molecular complexity index is 2580. The van der Waals surface area contributed by atoms with Crippen LogP contribution in [0.25, 0.3) is 0 Å². The van der Waals surface area contributed by atoms with Crippen LogP contribution in [-0.4, -0.2) is 363 Å². The van der Waals surface area contributed by atoms with E-state index in [1.807, 2.05) is 0 Å². The molecule has 38 nitrogen and oxygen atoms in total. The fourth-order valence-corrected chi connectivity index (χ4v) is 12.8. The van der Waals surface area contributed by atoms with Gasteiger partial charge in [0.25, 0.3) is 0 Å². The number of aliphatic hydroxyl groups excluding tert-OH is 18. The zero-order valence-electron chi connectivity index (χ0n) is 46.8. The lowest BCUT2D eigenvalue weighted by atomic mass is 9.93. The molecule has 24 heterocycles. The van der Waals surface area contributed by atoms with Gasteiger partial charge < -0.3 is 172 Å². The molecule has 3 aromatic heterocycles. The van der Waals surface area contributed by atoms with Crippen molar-refractivity contribution in [3.63, 3.8) is 0 Å². The van der Waals surface area contributed by atoms with Crippen LogP contribution in [0.3, 0.4) is 0 Å². The zero-order valence-corrected chi connectivity index (χ0v) is 46.8. The fraction of sp³-hybridized carbons (Fsp3) is 0.824. The quantitative estimate of drug-likeness (QED) is 0.0896. The number of imidazole rings is 3. The van der Waals surface area contributed by atoms with Crippen LogP contribution in [0.15, 0.2) is 56.2 Å². The van der Waals surface area contributed by atoms with E-state index in [0.29, 0.717) is 0 Å². The summed E-state index contributed by atoms with van der Waals surface area (Å²) >= 11 is 0. The standard InChI is InChI=1S/C51H76N6O32/c58-7-17-38-24(55-4-1-52-14-55)27(65)45(76-17)86-41-20(10-61)80-49(35(73)31(41)69)84-39-18(8-59)78-47(29(67)26(39)57-6-3-54-16-57)88-43-22(12-63)82-51(37(75)33(43)71)89-44-23(13-64)81-50(36(74)32(44)70)85-40-19(9-60)77-46(28(66)25(40)56-5-2-53-15-56)87-42-21(11-62)79-48(83-38)34(72)30(42)68/h1-6,14-51,58-75H,7-13H2/t17-,18-,19-,20-,21-,22-,23-,24-,25-,26-,27-,28-,29-,30-,31-,32+,33-,34+,35-,36-,37-,38-,39-,40-,41-,42-,43-,44-,45-,46-,47-,48-,49-,50-,51-/m1/s1. The fourth-order valence-electron chi connectivity index (χ4n) is 12.8. The van der Waals surface area contributed by atoms with E-state index in [1.165, 1.54) is 69.9 Å². The minimum absolute atomic E-state index is 0.936. The van der Waals surface area contributed by atoms with Gasteiger partial charge >= 0.3 is 0 Å². The molecule has 0 spiro atoms. The summed E-state index contributed by atoms with van der Waals surface area (Å²) in [6.07, 6.45) is -48.3. The second-order valence-corrected chi connectivity index (χ2v) is 22.7. The summed E-state index contributed by atoms with van der Waals surface area (Å²) in [5.41, 5.74) is 0. The predicted octanol–water partition coefficient (Wildman–Crippen LogP) is -12.0. The maximum atomic E-state index is 12.2. The maximum Gasteiger partial charge on any atom is 0.187 e. The summed E-state index contributed by atoms with van der Waals surface area (Å²) in [4.78, 5) is 12.1. The van der Waals surface area contributed by atoms with Crippen molar-refractivity contribution < 1.29 is 158 Å². The van der Waals surface area contributed by atoms with E-state index in [9.17, 15) is 91.9 Å². The van der Waals surface area contributed by atoms with Crippen molar-refractivity contribution in [1.82, 2.24) is 28.7 Å². The van der Waals surface area contributed by atoms with Gasteiger partial charge in [0.05, 0.1) is 83.4 Å². The van der Waals surface area contributed by atoms with Crippen molar-refractivity contribution in [1.29, 1.82) is 0 Å². The number of ether oxygens (including phenoxy) is 14. The first-order chi connectivity index (χ1) is 42.9. The van der Waals surface area contributed by atoms with E-state index in [0.717, 1.165) is 0 Å². The third-order valence-corrected chi connectivity index (χ3v) is 17.4. The van der Waals surface area contributed by atoms with Crippen LogP contribution in [0.4, 0.5) is 0 Å². The molecular formula is C51H76N6O32. The lowest BCUT2D eigenvalue weighted by molar-refractivity contribution is -0.392. The van der Waals surface area contributed by atoms with Gasteiger partial charge in [-0.05, 0) is 0 Å². The Balaban J connectivity index is 0.933. The lowest BCUT2D eigenvalue weighted by Gasteiger charge is -2.51. The average Bonchev–Trinajstić information content (AvgIpc) is 1.82. The molecule has 24 rings (SSSR count). The Morgan fingerprint density at radius 2 is 0.416 bits per heavy atom. The molecule has 3 aromatic rings. The van der Waals surface area contributed by atoms with E-state index < -0.39 is 261 Å². The van der Waals surface area contributed by atoms with E-state index in [4.69, 9.17) is 66.3 Å². The van der Waals surface area contributed by atoms with Crippen molar-refractivity contribution in [3.05, 3.63) is 56.2 Å². The highest BCUT2D eigenvalue weighted by Crippen LogP contribution is 2.43. The van der Waals surface area contributed by atoms with Gasteiger partial charge in [-0.2, -0.15) is 0 Å². The molecule has 38 heteroatoms. The molecule has 502 valence electrons. The second-order valence-electron chi connectivity index (χ2n) is 22.7. The van der Waals surface area contributed by atoms with Gasteiger partial charge in [-0.1, -0.05) is 0 Å². The van der Waals surface area contributed by atoms with E-state index >= 15 is 0 Å². The minimum Gasteiger partial charge on any atom is -0.394 e. The molecule has 0 saturated carbocycles. The van der Waals surface area contributed by atoms with Crippen LogP contribution < -0.4 is 0 Å². The molecule has 21 saturated heterocycles. The van der Waals surface area contributed by atoms with Crippen LogP contribution in [-0.2, 0) is 66.3 Å². The van der Waals surface area contributed by atoms with Crippen molar-refractivity contribution in [3.8, 4) is 0 Å². The highest BCUT2D eigenvalue weighted by molar-refractivity contribution is 5.05. The number of hydrogen-bond acceptors (Lipinski definition) is 35. The molecule has 35 atom stereocenters. The van der Waals surface area contributed by atoms with Gasteiger partial charge in [0.2, 0.25) is 0 Å². The van der Waals surface area contributed by atoms with Crippen molar-refractivity contribution in [2.45, 2.75) is 215 Å². The summed E-state index contributed by atoms with van der Waals surface area (Å²) in [5.74, 6) is 0. The Morgan fingerprint density at radius 3 is 0.596 bits per heavy atom. The number of rotatable bonds is 10. The lowest BCUT2D eigenvalue weighted by Crippen LogP contribution is -2.67. The van der Waals surface area contributed by atoms with E-state index in [1.54, 1.807) is 0 Å². The molecule has 0 amide bonds. The Morgan fingerprint density at radius 1 is 0.236 bits per heavy atom. The summed E-state index contributed by atoms with van der Waals surface area (Å²) in [7, 11) is 0. The van der Waals surface area contributed by atoms with Crippen molar-refractivity contribution >= 4 is 0 Å². The zero-order chi connectivity index (χ0) is 63.3. The Labute approximate surface area is 503 Å². The highest BCUT2D eigenvalue weighted by Gasteiger charge is 2.60. The molecule has 14 bridgehead atoms. The SMILES string of the molecule is OC[C@H]1O[C@@H]2O[C@H]3[C@H](n4ccnc4)[C@@H](O)[C@@H](O[C@H]4[C@H](O)[C@@H](O)[C@@H](O[C@H]5[C@H](n6ccnc6)[C@@H](O)[C@@H](O[C@H]6[C@H](O)[C@@H](O)[C@@H](O[C@H]7[C@@H](O)[C@@H](O)[C@@H](O[C@H]8[C@H](n9ccnc9)[C@@H](O)[C@@H](O[C@H]1[C@H](O)[C@@H]2O)O[C@@H]8CO)O[C@@H]7CO)O[C@@H]6CO)O[C@@H]5CO)O[C@@H]4CO)O[C@@H]3CO. The molecule has 21 fully saturated rings. The average molecular weight is 1290 g/mol. The molecule has 0 aromatic carbocycles. The van der Waals surface area contributed by atoms with Gasteiger partial charge in [0.15, 0.2) is 44.0 Å². The first kappa shape index (κ1) is 66.8. The van der Waals surface area contributed by atoms with Gasteiger partial charge in [-0.25, -0.2) is 15.0 Å². The summed E-state index contributed by atoms with van der Waals surface area (Å²) < 4.78 is 88.6. The first-order valence-corrected chi connectivity index (χ1v) is 28.7. The maximum absolute atomic E-state index is 12.2. The van der Waals surface area contributed by atoms with Gasteiger partial charge in [0.1, 0.15) is 153 Å². The number of nitrogens with zero attached hydrogens (tertiary/aromatic N) is 6. The largest absolute Gasteiger partial charge is 0.394 e. The van der Waals surface area contributed by atoms with Gasteiger partial charge in [0, 0.05) is 37.2 Å². The van der Waals surface area contributed by atoms with Crippen molar-refractivity contribution in [2.24, 2.45) is 0 Å². The topological polar surface area (TPSA) is 547 Å². The molecule has 0 unspecified atom stereocenters. The molecule has 89 heavy (non-hydrogen) atoms. The smallest absolute Gasteiger partial charge is 0.187 e. The third kappa shape index (κ3) is 12.8. The van der Waals surface area contributed by atoms with Crippen LogP contribution in [0.1, 0.15) is 18.1 Å². The third-order valence-electron chi connectivity index (χ3n) is 17.4. The molecule has 21 aliphatic heterocycles. The molecule has 0 radical (unpaired) electrons. The van der Waals surface area contributed by atoms with Crippen molar-refractivity contribution in [2.75, 3.05) is 46.2 Å². The number of aliphatic hydroxyl groups is 18. The second kappa shape index (κ2) is 28.5. The van der Waals surface area contributed by atoms with Crippen LogP contribution in [0.5, 0.6) is 0 Å². The number of aromatic nitrogens is 6. The number of hydrogen-bond donors (Lipinski definition) is 18. The van der Waals surface area contributed by atoms with Crippen LogP contribution in [0, 0.1) is 0 Å². The van der Waals surface area contributed by atoms with Crippen LogP contribution >= 0.6 is 0 Å².